The van der Waals surface area contributed by atoms with Crippen LogP contribution in [0.4, 0.5) is 5.95 Å². The summed E-state index contributed by atoms with van der Waals surface area (Å²) in [5.74, 6) is 0.311. The van der Waals surface area contributed by atoms with Gasteiger partial charge in [-0.2, -0.15) is 4.98 Å². The van der Waals surface area contributed by atoms with Crippen LogP contribution >= 0.6 is 0 Å². The molecule has 2 heterocycles. The first-order valence-corrected chi connectivity index (χ1v) is 9.17. The molecule has 0 saturated carbocycles. The second-order valence-corrected chi connectivity index (χ2v) is 7.13. The quantitative estimate of drug-likeness (QED) is 0.182. The van der Waals surface area contributed by atoms with Crippen molar-refractivity contribution >= 4 is 35.0 Å². The summed E-state index contributed by atoms with van der Waals surface area (Å²) in [5, 5.41) is 20.1. The van der Waals surface area contributed by atoms with Gasteiger partial charge in [0.15, 0.2) is 16.7 Å². The van der Waals surface area contributed by atoms with Gasteiger partial charge in [-0.25, -0.2) is 20.6 Å². The number of hydrogen-bond acceptors (Lipinski definition) is 9. The highest BCUT2D eigenvalue weighted by atomic mass is 16.4. The predicted octanol–water partition coefficient (Wildman–Crippen LogP) is -0.287. The van der Waals surface area contributed by atoms with Crippen molar-refractivity contribution in [1.29, 1.82) is 0 Å². The van der Waals surface area contributed by atoms with Gasteiger partial charge in [0.25, 0.3) is 11.5 Å². The lowest BCUT2D eigenvalue weighted by atomic mass is 9.86. The number of carbonyl (C=O) groups excluding carboxylic acids is 1. The molecule has 1 unspecified atom stereocenters. The molecule has 0 aliphatic carbocycles. The van der Waals surface area contributed by atoms with Gasteiger partial charge in [0, 0.05) is 12.0 Å². The summed E-state index contributed by atoms with van der Waals surface area (Å²) >= 11 is 0. The molecular formula is C19H19N7O6. The first kappa shape index (κ1) is 22.3. The highest BCUT2D eigenvalue weighted by Crippen LogP contribution is 2.30. The number of amides is 1. The van der Waals surface area contributed by atoms with Crippen LogP contribution in [-0.2, 0) is 9.59 Å². The van der Waals surface area contributed by atoms with Crippen LogP contribution in [0.15, 0.2) is 41.3 Å². The molecule has 1 amide bonds. The largest absolute Gasteiger partial charge is 0.481 e. The van der Waals surface area contributed by atoms with Gasteiger partial charge in [0.05, 0.1) is 11.9 Å². The van der Waals surface area contributed by atoms with Crippen molar-refractivity contribution in [1.82, 2.24) is 24.9 Å². The lowest BCUT2D eigenvalue weighted by molar-refractivity contribution is -0.151. The van der Waals surface area contributed by atoms with E-state index in [0.29, 0.717) is 5.01 Å². The normalized spacial score (nSPS) is 13.8. The van der Waals surface area contributed by atoms with Crippen molar-refractivity contribution in [2.45, 2.75) is 24.8 Å². The summed E-state index contributed by atoms with van der Waals surface area (Å²) in [4.78, 5) is 62.9. The van der Waals surface area contributed by atoms with E-state index in [4.69, 9.17) is 11.6 Å². The average Bonchev–Trinajstić information content (AvgIpc) is 2.76. The van der Waals surface area contributed by atoms with E-state index in [9.17, 15) is 29.4 Å². The van der Waals surface area contributed by atoms with Crippen LogP contribution in [0.3, 0.4) is 0 Å². The number of aromatic nitrogens is 4. The predicted molar refractivity (Wildman–Crippen MR) is 110 cm³/mol. The van der Waals surface area contributed by atoms with E-state index in [-0.39, 0.29) is 28.4 Å². The maximum atomic E-state index is 12.7. The van der Waals surface area contributed by atoms with E-state index in [1.54, 1.807) is 18.2 Å². The van der Waals surface area contributed by atoms with E-state index < -0.39 is 41.3 Å². The van der Waals surface area contributed by atoms with E-state index in [1.165, 1.54) is 12.1 Å². The number of anilines is 1. The number of rotatable bonds is 7. The second kappa shape index (κ2) is 8.39. The number of fused-ring (bicyclic) bond motifs is 1. The van der Waals surface area contributed by atoms with E-state index >= 15 is 0 Å². The van der Waals surface area contributed by atoms with Crippen molar-refractivity contribution in [3.05, 3.63) is 58.1 Å². The Balaban J connectivity index is 2.03. The third-order valence-corrected chi connectivity index (χ3v) is 4.94. The van der Waals surface area contributed by atoms with Gasteiger partial charge in [-0.1, -0.05) is 18.2 Å². The number of benzene rings is 1. The molecule has 1 aromatic carbocycles. The van der Waals surface area contributed by atoms with Crippen LogP contribution in [0, 0.1) is 0 Å². The Morgan fingerprint density at radius 3 is 2.44 bits per heavy atom. The molecule has 3 aromatic rings. The zero-order valence-electron chi connectivity index (χ0n) is 16.7. The van der Waals surface area contributed by atoms with Gasteiger partial charge in [0.2, 0.25) is 5.95 Å². The summed E-state index contributed by atoms with van der Waals surface area (Å²) in [5.41, 5.74) is 2.09. The molecule has 0 fully saturated rings. The fraction of sp³-hybridized carbons (Fsp3) is 0.211. The Kier molecular flexibility index (Phi) is 5.85. The molecule has 13 nitrogen and oxygen atoms in total. The van der Waals surface area contributed by atoms with Crippen LogP contribution in [0.2, 0.25) is 0 Å². The molecule has 2 atom stereocenters. The molecule has 166 valence electrons. The number of carboxylic acids is 2. The van der Waals surface area contributed by atoms with Gasteiger partial charge < -0.3 is 15.9 Å². The number of hydrogen-bond donors (Lipinski definition) is 5. The molecule has 32 heavy (non-hydrogen) atoms. The molecule has 0 aliphatic heterocycles. The van der Waals surface area contributed by atoms with Crippen LogP contribution in [0.25, 0.3) is 11.2 Å². The number of nitrogens with zero attached hydrogens (tertiary/aromatic N) is 4. The van der Waals surface area contributed by atoms with Crippen molar-refractivity contribution in [2.75, 3.05) is 5.73 Å². The standard InChI is InChI=1S/C19H19N7O6/c1-19(17(31)32,26(21)15(28)9-5-3-2-4-6-9)7-10(16(29)30)11-8-22-13-12(23-11)14(27)25-18(20)24-13/h2-6,8,10H,7,21H2,1H3,(H,29,30)(H,31,32)(H3,20,22,24,25,27)/t10?,19-/m0/s1. The average molecular weight is 441 g/mol. The molecule has 0 radical (unpaired) electrons. The third-order valence-electron chi connectivity index (χ3n) is 4.94. The molecule has 0 saturated heterocycles. The Labute approximate surface area is 179 Å². The van der Waals surface area contributed by atoms with Crippen LogP contribution < -0.4 is 17.1 Å². The fourth-order valence-electron chi connectivity index (χ4n) is 3.06. The zero-order valence-corrected chi connectivity index (χ0v) is 16.7. The SMILES string of the molecule is C[C@](CC(C(=O)O)c1cnc2nc(N)[nH]c(=O)c2n1)(C(=O)O)N(N)C(=O)c1ccccc1. The molecule has 0 aliphatic rings. The van der Waals surface area contributed by atoms with E-state index in [2.05, 4.69) is 19.9 Å². The second-order valence-electron chi connectivity index (χ2n) is 7.13. The number of hydrazine groups is 1. The number of nitrogens with one attached hydrogen (secondary N) is 1. The maximum Gasteiger partial charge on any atom is 0.330 e. The number of aromatic amines is 1. The third kappa shape index (κ3) is 4.09. The Morgan fingerprint density at radius 1 is 1.19 bits per heavy atom. The van der Waals surface area contributed by atoms with Crippen LogP contribution in [0.1, 0.15) is 35.3 Å². The Morgan fingerprint density at radius 2 is 1.84 bits per heavy atom. The summed E-state index contributed by atoms with van der Waals surface area (Å²) in [6, 6.07) is 7.69. The molecule has 7 N–H and O–H groups in total. The summed E-state index contributed by atoms with van der Waals surface area (Å²) in [6.45, 7) is 1.12. The number of H-pyrrole nitrogens is 1. The highest BCUT2D eigenvalue weighted by Gasteiger charge is 2.45. The molecule has 0 spiro atoms. The topological polar surface area (TPSA) is 218 Å². The molecule has 13 heteroatoms. The van der Waals surface area contributed by atoms with Crippen LogP contribution in [0.5, 0.6) is 0 Å². The van der Waals surface area contributed by atoms with E-state index in [1.807, 2.05) is 0 Å². The summed E-state index contributed by atoms with van der Waals surface area (Å²) in [6.07, 6.45) is 0.391. The molecule has 0 bridgehead atoms. The monoisotopic (exact) mass is 441 g/mol. The van der Waals surface area contributed by atoms with Gasteiger partial charge >= 0.3 is 11.9 Å². The molecule has 3 rings (SSSR count). The first-order chi connectivity index (χ1) is 15.0. The maximum absolute atomic E-state index is 12.7. The summed E-state index contributed by atoms with van der Waals surface area (Å²) in [7, 11) is 0. The number of carboxylic acid groups (broad SMARTS) is 2. The minimum absolute atomic E-state index is 0.111. The minimum Gasteiger partial charge on any atom is -0.481 e. The molecule has 2 aromatic heterocycles. The Bertz CT molecular complexity index is 1260. The lowest BCUT2D eigenvalue weighted by Crippen LogP contribution is -2.59. The highest BCUT2D eigenvalue weighted by molar-refractivity contribution is 5.97. The lowest BCUT2D eigenvalue weighted by Gasteiger charge is -2.35. The zero-order chi connectivity index (χ0) is 23.6. The van der Waals surface area contributed by atoms with Crippen molar-refractivity contribution in [3.8, 4) is 0 Å². The minimum atomic E-state index is -2.14. The number of nitrogen functional groups attached to an aromatic ring is 1. The Hall–Kier alpha value is -4.39. The van der Waals surface area contributed by atoms with Crippen molar-refractivity contribution in [2.24, 2.45) is 5.84 Å². The van der Waals surface area contributed by atoms with Crippen LogP contribution in [-0.4, -0.2) is 58.5 Å². The summed E-state index contributed by atoms with van der Waals surface area (Å²) < 4.78 is 0. The van der Waals surface area contributed by atoms with Gasteiger partial charge in [-0.05, 0) is 19.1 Å². The van der Waals surface area contributed by atoms with Gasteiger partial charge in [-0.3, -0.25) is 24.4 Å². The van der Waals surface area contributed by atoms with Gasteiger partial charge in [-0.15, -0.1) is 0 Å². The van der Waals surface area contributed by atoms with E-state index in [0.717, 1.165) is 13.1 Å². The first-order valence-electron chi connectivity index (χ1n) is 9.17. The number of aliphatic carboxylic acids is 2. The fourth-order valence-corrected chi connectivity index (χ4v) is 3.06. The van der Waals surface area contributed by atoms with Crippen molar-refractivity contribution < 1.29 is 24.6 Å². The smallest absolute Gasteiger partial charge is 0.330 e. The number of carbonyl (C=O) groups is 3. The molecular weight excluding hydrogens is 422 g/mol. The number of nitrogens with two attached hydrogens (primary N) is 2. The van der Waals surface area contributed by atoms with Crippen molar-refractivity contribution in [3.63, 3.8) is 0 Å². The van der Waals surface area contributed by atoms with Gasteiger partial charge in [0.1, 0.15) is 5.92 Å².